The van der Waals surface area contributed by atoms with Crippen LogP contribution in [0.5, 0.6) is 0 Å². The monoisotopic (exact) mass is 114 g/mol. The first-order chi connectivity index (χ1) is 3.79. The summed E-state index contributed by atoms with van der Waals surface area (Å²) in [6.07, 6.45) is 0.376. The normalized spacial score (nSPS) is 33.0. The van der Waals surface area contributed by atoms with E-state index in [1.165, 1.54) is 0 Å². The molecule has 1 fully saturated rings. The van der Waals surface area contributed by atoms with Crippen molar-refractivity contribution in [2.45, 2.75) is 13.0 Å². The van der Waals surface area contributed by atoms with Crippen molar-refractivity contribution >= 4 is 0 Å². The fourth-order valence-corrected chi connectivity index (χ4v) is 0.891. The lowest BCUT2D eigenvalue weighted by atomic mass is 10.3. The number of hydrogen-bond acceptors (Lipinski definition) is 2. The molecule has 2 nitrogen and oxygen atoms in total. The van der Waals surface area contributed by atoms with E-state index in [1.54, 1.807) is 0 Å². The molecule has 1 heterocycles. The smallest absolute Gasteiger partial charge is 0.0650 e. The number of rotatable bonds is 0. The highest BCUT2D eigenvalue weighted by Crippen LogP contribution is 2.00. The molecule has 0 radical (unpaired) electrons. The first-order valence-corrected chi connectivity index (χ1v) is 2.96. The Morgan fingerprint density at radius 1 is 1.75 bits per heavy atom. The van der Waals surface area contributed by atoms with Gasteiger partial charge in [0.2, 0.25) is 0 Å². The zero-order chi connectivity index (χ0) is 5.98. The van der Waals surface area contributed by atoms with Gasteiger partial charge in [-0.05, 0) is 20.0 Å². The van der Waals surface area contributed by atoms with E-state index < -0.39 is 0 Å². The molecule has 1 atom stereocenters. The van der Waals surface area contributed by atoms with Crippen molar-refractivity contribution < 1.29 is 4.74 Å². The number of morpholine rings is 1. The van der Waals surface area contributed by atoms with Gasteiger partial charge < -0.3 is 9.64 Å². The molecule has 0 N–H and O–H groups in total. The lowest BCUT2D eigenvalue weighted by molar-refractivity contribution is -0.00242. The Labute approximate surface area is 50.4 Å². The molecule has 0 bridgehead atoms. The van der Waals surface area contributed by atoms with Gasteiger partial charge in [-0.25, -0.2) is 0 Å². The van der Waals surface area contributed by atoms with E-state index in [1.807, 2.05) is 4.90 Å². The third kappa shape index (κ3) is 1.46. The minimum absolute atomic E-state index is 0.376. The molecule has 0 aromatic carbocycles. The Bertz CT molecular complexity index is 66.9. The van der Waals surface area contributed by atoms with Crippen molar-refractivity contribution in [2.75, 3.05) is 19.7 Å². The fourth-order valence-electron chi connectivity index (χ4n) is 0.891. The highest BCUT2D eigenvalue weighted by molar-refractivity contribution is 4.65. The van der Waals surface area contributed by atoms with Gasteiger partial charge in [-0.2, -0.15) is 0 Å². The Kier molecular flexibility index (Phi) is 1.86. The zero-order valence-corrected chi connectivity index (χ0v) is 5.26. The van der Waals surface area contributed by atoms with E-state index in [0.29, 0.717) is 6.10 Å². The highest BCUT2D eigenvalue weighted by Gasteiger charge is 2.07. The maximum atomic E-state index is 5.27. The van der Waals surface area contributed by atoms with Gasteiger partial charge in [0.25, 0.3) is 0 Å². The first kappa shape index (κ1) is 6.05. The van der Waals surface area contributed by atoms with Crippen molar-refractivity contribution in [3.63, 3.8) is 0 Å². The van der Waals surface area contributed by atoms with Gasteiger partial charge in [-0.15, -0.1) is 0 Å². The molecule has 2 heteroatoms. The quantitative estimate of drug-likeness (QED) is 0.425. The van der Waals surface area contributed by atoms with Gasteiger partial charge in [-0.3, -0.25) is 7.05 Å². The molecule has 0 spiro atoms. The average Bonchev–Trinajstić information content (AvgIpc) is 1.64. The van der Waals surface area contributed by atoms with E-state index in [0.717, 1.165) is 19.7 Å². The molecular formula is C6H12NO-. The van der Waals surface area contributed by atoms with Crippen LogP contribution in [0.2, 0.25) is 0 Å². The highest BCUT2D eigenvalue weighted by atomic mass is 16.5. The van der Waals surface area contributed by atoms with Gasteiger partial charge in [-0.1, -0.05) is 0 Å². The molecule has 1 aliphatic rings. The predicted octanol–water partition coefficient (Wildman–Crippen LogP) is 0.499. The van der Waals surface area contributed by atoms with Gasteiger partial charge in [0.15, 0.2) is 0 Å². The molecule has 0 aromatic heterocycles. The number of nitrogens with zero attached hydrogens (tertiary/aromatic N) is 1. The summed E-state index contributed by atoms with van der Waals surface area (Å²) in [7, 11) is 3.80. The van der Waals surface area contributed by atoms with Crippen molar-refractivity contribution in [1.29, 1.82) is 0 Å². The van der Waals surface area contributed by atoms with Crippen molar-refractivity contribution in [2.24, 2.45) is 0 Å². The van der Waals surface area contributed by atoms with Crippen LogP contribution in [0.15, 0.2) is 0 Å². The van der Waals surface area contributed by atoms with Crippen molar-refractivity contribution in [3.8, 4) is 0 Å². The summed E-state index contributed by atoms with van der Waals surface area (Å²) in [5.74, 6) is 0. The maximum Gasteiger partial charge on any atom is 0.0650 e. The molecule has 1 saturated heterocycles. The van der Waals surface area contributed by atoms with Gasteiger partial charge in [0.05, 0.1) is 12.7 Å². The van der Waals surface area contributed by atoms with Crippen LogP contribution in [0.3, 0.4) is 0 Å². The average molecular weight is 114 g/mol. The summed E-state index contributed by atoms with van der Waals surface area (Å²) in [5.41, 5.74) is 0. The van der Waals surface area contributed by atoms with Crippen LogP contribution < -0.4 is 0 Å². The van der Waals surface area contributed by atoms with Crippen molar-refractivity contribution in [3.05, 3.63) is 7.05 Å². The summed E-state index contributed by atoms with van der Waals surface area (Å²) in [5, 5.41) is 0. The van der Waals surface area contributed by atoms with Gasteiger partial charge >= 0.3 is 0 Å². The van der Waals surface area contributed by atoms with E-state index in [9.17, 15) is 0 Å². The third-order valence-electron chi connectivity index (χ3n) is 1.33. The first-order valence-electron chi connectivity index (χ1n) is 2.96. The van der Waals surface area contributed by atoms with Crippen LogP contribution in [0.1, 0.15) is 6.92 Å². The van der Waals surface area contributed by atoms with Crippen LogP contribution in [0, 0.1) is 7.05 Å². The second-order valence-corrected chi connectivity index (χ2v) is 2.26. The van der Waals surface area contributed by atoms with Crippen LogP contribution >= 0.6 is 0 Å². The van der Waals surface area contributed by atoms with Crippen LogP contribution in [-0.2, 0) is 4.74 Å². The second-order valence-electron chi connectivity index (χ2n) is 2.26. The molecule has 0 aliphatic carbocycles. The number of ether oxygens (including phenoxy) is 1. The summed E-state index contributed by atoms with van der Waals surface area (Å²) >= 11 is 0. The molecule has 8 heavy (non-hydrogen) atoms. The van der Waals surface area contributed by atoms with Crippen LogP contribution in [-0.4, -0.2) is 30.7 Å². The molecule has 1 rings (SSSR count). The van der Waals surface area contributed by atoms with E-state index >= 15 is 0 Å². The minimum atomic E-state index is 0.376. The van der Waals surface area contributed by atoms with Crippen LogP contribution in [0.25, 0.3) is 0 Å². The minimum Gasteiger partial charge on any atom is -0.455 e. The van der Waals surface area contributed by atoms with E-state index in [-0.39, 0.29) is 0 Å². The van der Waals surface area contributed by atoms with Crippen LogP contribution in [0.4, 0.5) is 0 Å². The summed E-state index contributed by atoms with van der Waals surface area (Å²) in [4.78, 5) is 2.04. The maximum absolute atomic E-state index is 5.27. The SMILES string of the molecule is [CH2-]N1CCO[C@@H](C)C1. The Balaban J connectivity index is 2.23. The Morgan fingerprint density at radius 2 is 2.50 bits per heavy atom. The molecular weight excluding hydrogens is 102 g/mol. The lowest BCUT2D eigenvalue weighted by Gasteiger charge is -2.33. The topological polar surface area (TPSA) is 12.5 Å². The Hall–Kier alpha value is -0.0800. The molecule has 0 amide bonds. The third-order valence-corrected chi connectivity index (χ3v) is 1.33. The lowest BCUT2D eigenvalue weighted by Crippen LogP contribution is -2.36. The zero-order valence-electron chi connectivity index (χ0n) is 5.26. The molecule has 0 saturated carbocycles. The molecule has 48 valence electrons. The Morgan fingerprint density at radius 3 is 2.88 bits per heavy atom. The molecule has 0 aromatic rings. The van der Waals surface area contributed by atoms with Crippen molar-refractivity contribution in [1.82, 2.24) is 4.90 Å². The van der Waals surface area contributed by atoms with E-state index in [4.69, 9.17) is 4.74 Å². The summed E-state index contributed by atoms with van der Waals surface area (Å²) in [6.45, 7) is 4.85. The second kappa shape index (κ2) is 2.46. The standard InChI is InChI=1S/C6H12NO/c1-6-5-7(2)3-4-8-6/h6H,2-5H2,1H3/q-1/t6-/m0/s1. The predicted molar refractivity (Wildman–Crippen MR) is 32.3 cm³/mol. The van der Waals surface area contributed by atoms with Gasteiger partial charge in [0.1, 0.15) is 0 Å². The summed E-state index contributed by atoms with van der Waals surface area (Å²) in [6, 6.07) is 0. The fraction of sp³-hybridized carbons (Fsp3) is 0.833. The van der Waals surface area contributed by atoms with Gasteiger partial charge in [0, 0.05) is 0 Å². The molecule has 0 unspecified atom stereocenters. The van der Waals surface area contributed by atoms with E-state index in [2.05, 4.69) is 14.0 Å². The summed E-state index contributed by atoms with van der Waals surface area (Å²) < 4.78 is 5.27. The number of hydrogen-bond donors (Lipinski definition) is 0. The molecule has 1 aliphatic heterocycles. The largest absolute Gasteiger partial charge is 0.455 e.